The molecule has 0 spiro atoms. The van der Waals surface area contributed by atoms with Crippen molar-refractivity contribution in [1.82, 2.24) is 19.6 Å². The maximum atomic E-state index is 12.7. The Kier molecular flexibility index (Phi) is 5.97. The van der Waals surface area contributed by atoms with Crippen LogP contribution < -0.4 is 5.32 Å². The summed E-state index contributed by atoms with van der Waals surface area (Å²) >= 11 is 0. The molecule has 1 aromatic carbocycles. The van der Waals surface area contributed by atoms with Crippen LogP contribution in [0.1, 0.15) is 37.0 Å². The summed E-state index contributed by atoms with van der Waals surface area (Å²) in [6.45, 7) is 6.06. The number of amides is 1. The summed E-state index contributed by atoms with van der Waals surface area (Å²) in [4.78, 5) is 19.3. The Balaban J connectivity index is 2.20. The van der Waals surface area contributed by atoms with Crippen molar-refractivity contribution in [3.8, 4) is 0 Å². The number of hydrogen-bond acceptors (Lipinski definition) is 4. The minimum atomic E-state index is -3.72. The Hall–Kier alpha value is -2.19. The molecule has 0 radical (unpaired) electrons. The van der Waals surface area contributed by atoms with E-state index in [2.05, 4.69) is 15.3 Å². The van der Waals surface area contributed by atoms with Gasteiger partial charge in [-0.3, -0.25) is 4.79 Å². The topological polar surface area (TPSA) is 95.2 Å². The van der Waals surface area contributed by atoms with E-state index < -0.39 is 10.0 Å². The predicted molar refractivity (Wildman–Crippen MR) is 95.4 cm³/mol. The molecule has 2 rings (SSSR count). The third-order valence-electron chi connectivity index (χ3n) is 4.09. The van der Waals surface area contributed by atoms with Gasteiger partial charge in [0.2, 0.25) is 10.0 Å². The first-order chi connectivity index (χ1) is 11.7. The average Bonchev–Trinajstić information content (AvgIpc) is 3.07. The summed E-state index contributed by atoms with van der Waals surface area (Å²) in [6.07, 6.45) is 3.20. The molecule has 0 aliphatic rings. The minimum absolute atomic E-state index is 0.00519. The fourth-order valence-electron chi connectivity index (χ4n) is 2.11. The lowest BCUT2D eigenvalue weighted by atomic mass is 10.1. The molecular weight excluding hydrogens is 340 g/mol. The van der Waals surface area contributed by atoms with Crippen LogP contribution in [-0.4, -0.2) is 41.7 Å². The van der Waals surface area contributed by atoms with Crippen molar-refractivity contribution in [2.75, 3.05) is 7.05 Å². The molecule has 25 heavy (non-hydrogen) atoms. The van der Waals surface area contributed by atoms with Crippen molar-refractivity contribution in [3.63, 3.8) is 0 Å². The van der Waals surface area contributed by atoms with Crippen LogP contribution in [0.15, 0.2) is 41.6 Å². The van der Waals surface area contributed by atoms with Crippen LogP contribution in [0.5, 0.6) is 0 Å². The molecule has 0 aliphatic carbocycles. The van der Waals surface area contributed by atoms with E-state index in [1.807, 2.05) is 20.8 Å². The van der Waals surface area contributed by atoms with Crippen LogP contribution in [0.25, 0.3) is 0 Å². The molecule has 8 heteroatoms. The number of carbonyl (C=O) groups is 1. The summed E-state index contributed by atoms with van der Waals surface area (Å²) in [5.74, 6) is 0.549. The molecule has 136 valence electrons. The number of nitrogens with zero attached hydrogens (tertiary/aromatic N) is 2. The van der Waals surface area contributed by atoms with Crippen molar-refractivity contribution in [2.24, 2.45) is 5.92 Å². The Bertz CT molecular complexity index is 816. The normalized spacial score (nSPS) is 13.2. The second-order valence-corrected chi connectivity index (χ2v) is 8.38. The van der Waals surface area contributed by atoms with E-state index in [4.69, 9.17) is 0 Å². The Morgan fingerprint density at radius 2 is 2.04 bits per heavy atom. The van der Waals surface area contributed by atoms with Crippen LogP contribution >= 0.6 is 0 Å². The maximum absolute atomic E-state index is 12.7. The summed E-state index contributed by atoms with van der Waals surface area (Å²) in [6, 6.07) is 6.05. The van der Waals surface area contributed by atoms with Crippen LogP contribution in [0, 0.1) is 5.92 Å². The zero-order valence-electron chi connectivity index (χ0n) is 14.9. The molecule has 0 aliphatic heterocycles. The molecule has 2 N–H and O–H groups in total. The predicted octanol–water partition coefficient (Wildman–Crippen LogP) is 2.00. The van der Waals surface area contributed by atoms with E-state index in [0.717, 1.165) is 0 Å². The number of H-pyrrole nitrogens is 1. The number of aromatic nitrogens is 2. The molecule has 1 aromatic heterocycles. The summed E-state index contributed by atoms with van der Waals surface area (Å²) < 4.78 is 26.6. The highest BCUT2D eigenvalue weighted by molar-refractivity contribution is 7.89. The van der Waals surface area contributed by atoms with E-state index >= 15 is 0 Å². The fraction of sp³-hybridized carbons (Fsp3) is 0.412. The highest BCUT2D eigenvalue weighted by atomic mass is 32.2. The van der Waals surface area contributed by atoms with E-state index in [1.54, 1.807) is 24.5 Å². The molecule has 1 heterocycles. The molecule has 0 fully saturated rings. The van der Waals surface area contributed by atoms with Gasteiger partial charge in [-0.15, -0.1) is 0 Å². The first-order valence-corrected chi connectivity index (χ1v) is 9.51. The third-order valence-corrected chi connectivity index (χ3v) is 5.89. The first kappa shape index (κ1) is 19.1. The van der Waals surface area contributed by atoms with Crippen LogP contribution in [0.2, 0.25) is 0 Å². The number of nitrogens with one attached hydrogen (secondary N) is 2. The van der Waals surface area contributed by atoms with Gasteiger partial charge in [0.1, 0.15) is 5.82 Å². The summed E-state index contributed by atoms with van der Waals surface area (Å²) in [7, 11) is -2.24. The van der Waals surface area contributed by atoms with Crippen molar-refractivity contribution < 1.29 is 13.2 Å². The standard InChI is InChI=1S/C17H24N4O3S/c1-12(2)13(3)20-17(22)14-6-5-7-15(10-14)25(23,24)21(4)11-16-18-8-9-19-16/h5-10,12-13H,11H2,1-4H3,(H,18,19)(H,20,22). The average molecular weight is 364 g/mol. The Morgan fingerprint density at radius 1 is 1.32 bits per heavy atom. The number of rotatable bonds is 7. The van der Waals surface area contributed by atoms with Crippen molar-refractivity contribution in [1.29, 1.82) is 0 Å². The summed E-state index contributed by atoms with van der Waals surface area (Å²) in [5, 5.41) is 2.88. The molecule has 0 saturated heterocycles. The van der Waals surface area contributed by atoms with Crippen molar-refractivity contribution >= 4 is 15.9 Å². The number of hydrogen-bond donors (Lipinski definition) is 2. The molecule has 0 bridgehead atoms. The van der Waals surface area contributed by atoms with Gasteiger partial charge in [-0.25, -0.2) is 13.4 Å². The maximum Gasteiger partial charge on any atom is 0.251 e. The summed E-state index contributed by atoms with van der Waals surface area (Å²) in [5.41, 5.74) is 0.319. The van der Waals surface area contributed by atoms with Gasteiger partial charge in [-0.2, -0.15) is 4.31 Å². The molecule has 1 amide bonds. The molecule has 0 saturated carbocycles. The molecule has 1 atom stereocenters. The van der Waals surface area contributed by atoms with E-state index in [-0.39, 0.29) is 29.3 Å². The Labute approximate surface area is 148 Å². The Morgan fingerprint density at radius 3 is 2.64 bits per heavy atom. The second kappa shape index (κ2) is 7.79. The lowest BCUT2D eigenvalue weighted by Crippen LogP contribution is -2.36. The molecule has 7 nitrogen and oxygen atoms in total. The SMILES string of the molecule is CC(C)C(C)NC(=O)c1cccc(S(=O)(=O)N(C)Cc2ncc[nH]2)c1. The van der Waals surface area contributed by atoms with Crippen LogP contribution in [0.3, 0.4) is 0 Å². The number of imidazole rings is 1. The van der Waals surface area contributed by atoms with Gasteiger partial charge in [0, 0.05) is 31.0 Å². The van der Waals surface area contributed by atoms with Crippen LogP contribution in [0.4, 0.5) is 0 Å². The van der Waals surface area contributed by atoms with Crippen molar-refractivity contribution in [2.45, 2.75) is 38.3 Å². The number of carbonyl (C=O) groups excluding carboxylic acids is 1. The van der Waals surface area contributed by atoms with Gasteiger partial charge >= 0.3 is 0 Å². The van der Waals surface area contributed by atoms with E-state index in [0.29, 0.717) is 11.4 Å². The molecular formula is C17H24N4O3S. The van der Waals surface area contributed by atoms with Crippen molar-refractivity contribution in [3.05, 3.63) is 48.0 Å². The number of aromatic amines is 1. The third kappa shape index (κ3) is 4.67. The van der Waals surface area contributed by atoms with E-state index in [1.165, 1.54) is 23.5 Å². The highest BCUT2D eigenvalue weighted by Crippen LogP contribution is 2.17. The highest BCUT2D eigenvalue weighted by Gasteiger charge is 2.23. The minimum Gasteiger partial charge on any atom is -0.349 e. The molecule has 2 aromatic rings. The lowest BCUT2D eigenvalue weighted by molar-refractivity contribution is 0.0930. The lowest BCUT2D eigenvalue weighted by Gasteiger charge is -2.19. The van der Waals surface area contributed by atoms with Gasteiger partial charge in [0.25, 0.3) is 5.91 Å². The van der Waals surface area contributed by atoms with Crippen LogP contribution in [-0.2, 0) is 16.6 Å². The largest absolute Gasteiger partial charge is 0.349 e. The molecule has 1 unspecified atom stereocenters. The zero-order chi connectivity index (χ0) is 18.6. The second-order valence-electron chi connectivity index (χ2n) is 6.33. The van der Waals surface area contributed by atoms with Gasteiger partial charge < -0.3 is 10.3 Å². The number of sulfonamides is 1. The van der Waals surface area contributed by atoms with Gasteiger partial charge in [0.15, 0.2) is 0 Å². The first-order valence-electron chi connectivity index (χ1n) is 8.07. The van der Waals surface area contributed by atoms with E-state index in [9.17, 15) is 13.2 Å². The zero-order valence-corrected chi connectivity index (χ0v) is 15.7. The quantitative estimate of drug-likeness (QED) is 0.785. The number of benzene rings is 1. The van der Waals surface area contributed by atoms with Gasteiger partial charge in [0.05, 0.1) is 11.4 Å². The van der Waals surface area contributed by atoms with Gasteiger partial charge in [-0.1, -0.05) is 19.9 Å². The monoisotopic (exact) mass is 364 g/mol. The van der Waals surface area contributed by atoms with Gasteiger partial charge in [-0.05, 0) is 31.0 Å². The fourth-order valence-corrected chi connectivity index (χ4v) is 3.29. The smallest absolute Gasteiger partial charge is 0.251 e.